The van der Waals surface area contributed by atoms with E-state index < -0.39 is 0 Å². The number of thioether (sulfide) groups is 1. The lowest BCUT2D eigenvalue weighted by atomic mass is 9.78. The fraction of sp³-hybridized carbons (Fsp3) is 0.444. The lowest BCUT2D eigenvalue weighted by Crippen LogP contribution is -2.40. The zero-order valence-electron chi connectivity index (χ0n) is 14.4. The molecule has 0 saturated carbocycles. The monoisotopic (exact) mass is 405 g/mol. The predicted molar refractivity (Wildman–Crippen MR) is 106 cm³/mol. The molecule has 3 heterocycles. The lowest BCUT2D eigenvalue weighted by molar-refractivity contribution is -0.119. The Bertz CT molecular complexity index is 857. The Balaban J connectivity index is 1.74. The Hall–Kier alpha value is -1.51. The van der Waals surface area contributed by atoms with Gasteiger partial charge in [-0.3, -0.25) is 14.5 Å². The molecular formula is C18H19N3O2S3. The zero-order valence-corrected chi connectivity index (χ0v) is 16.9. The Morgan fingerprint density at radius 3 is 2.96 bits per heavy atom. The van der Waals surface area contributed by atoms with E-state index in [4.69, 9.17) is 0 Å². The summed E-state index contributed by atoms with van der Waals surface area (Å²) in [4.78, 5) is 27.4. The first-order chi connectivity index (χ1) is 12.7. The van der Waals surface area contributed by atoms with Gasteiger partial charge >= 0.3 is 0 Å². The molecule has 26 heavy (non-hydrogen) atoms. The van der Waals surface area contributed by atoms with Crippen molar-refractivity contribution >= 4 is 51.3 Å². The van der Waals surface area contributed by atoms with Gasteiger partial charge in [0.25, 0.3) is 0 Å². The quantitative estimate of drug-likeness (QED) is 0.536. The number of ketones is 1. The predicted octanol–water partition coefficient (Wildman–Crippen LogP) is 4.63. The summed E-state index contributed by atoms with van der Waals surface area (Å²) in [7, 11) is 0. The number of thiophene rings is 1. The van der Waals surface area contributed by atoms with Crippen LogP contribution in [0.2, 0.25) is 0 Å². The highest BCUT2D eigenvalue weighted by atomic mass is 32.2. The van der Waals surface area contributed by atoms with Gasteiger partial charge in [-0.2, -0.15) is 11.3 Å². The van der Waals surface area contributed by atoms with Gasteiger partial charge in [0, 0.05) is 35.8 Å². The highest BCUT2D eigenvalue weighted by molar-refractivity contribution is 8.01. The minimum absolute atomic E-state index is 0.0119. The first-order valence-corrected chi connectivity index (χ1v) is 11.5. The van der Waals surface area contributed by atoms with Crippen LogP contribution in [0.5, 0.6) is 0 Å². The average Bonchev–Trinajstić information content (AvgIpc) is 3.31. The molecule has 0 bridgehead atoms. The van der Waals surface area contributed by atoms with Crippen molar-refractivity contribution in [2.75, 3.05) is 10.7 Å². The standard InChI is InChI=1S/C18H19N3O2S3/c1-2-7-25-18-20-19-17(26-18)21-13-4-3-5-14(22)16(13)12(9-15(21)23)11-6-8-24-10-11/h6,8,10,12H,2-5,7,9H2,1H3/t12-/m0/s1. The van der Waals surface area contributed by atoms with Gasteiger partial charge in [0.2, 0.25) is 11.0 Å². The van der Waals surface area contributed by atoms with E-state index in [0.717, 1.165) is 46.2 Å². The number of carbonyl (C=O) groups excluding carboxylic acids is 2. The van der Waals surface area contributed by atoms with Crippen LogP contribution in [0.3, 0.4) is 0 Å². The molecule has 1 aliphatic carbocycles. The maximum Gasteiger partial charge on any atom is 0.234 e. The number of anilines is 1. The van der Waals surface area contributed by atoms with Crippen LogP contribution in [0.15, 0.2) is 32.4 Å². The second-order valence-corrected chi connectivity index (χ2v) is 9.46. The van der Waals surface area contributed by atoms with E-state index in [9.17, 15) is 9.59 Å². The smallest absolute Gasteiger partial charge is 0.234 e. The maximum atomic E-state index is 13.0. The molecule has 1 atom stereocenters. The third kappa shape index (κ3) is 3.25. The van der Waals surface area contributed by atoms with Crippen LogP contribution >= 0.6 is 34.4 Å². The van der Waals surface area contributed by atoms with Gasteiger partial charge in [0.15, 0.2) is 10.1 Å². The van der Waals surface area contributed by atoms with Crippen molar-refractivity contribution in [1.82, 2.24) is 10.2 Å². The lowest BCUT2D eigenvalue weighted by Gasteiger charge is -2.36. The maximum absolute atomic E-state index is 13.0. The topological polar surface area (TPSA) is 63.2 Å². The van der Waals surface area contributed by atoms with E-state index in [-0.39, 0.29) is 17.6 Å². The van der Waals surface area contributed by atoms with Crippen LogP contribution in [0, 0.1) is 0 Å². The molecule has 2 aromatic heterocycles. The van der Waals surface area contributed by atoms with Crippen LogP contribution in [0.25, 0.3) is 0 Å². The van der Waals surface area contributed by atoms with Gasteiger partial charge in [-0.25, -0.2) is 0 Å². The van der Waals surface area contributed by atoms with Crippen LogP contribution in [-0.2, 0) is 9.59 Å². The van der Waals surface area contributed by atoms with E-state index in [0.29, 0.717) is 18.0 Å². The first kappa shape index (κ1) is 17.9. The minimum Gasteiger partial charge on any atom is -0.294 e. The van der Waals surface area contributed by atoms with E-state index in [2.05, 4.69) is 17.1 Å². The first-order valence-electron chi connectivity index (χ1n) is 8.76. The summed E-state index contributed by atoms with van der Waals surface area (Å²) in [5.41, 5.74) is 2.73. The molecular weight excluding hydrogens is 386 g/mol. The Kier molecular flexibility index (Phi) is 5.24. The molecule has 0 radical (unpaired) electrons. The largest absolute Gasteiger partial charge is 0.294 e. The van der Waals surface area contributed by atoms with E-state index in [1.54, 1.807) is 28.0 Å². The summed E-state index contributed by atoms with van der Waals surface area (Å²) < 4.78 is 0.874. The van der Waals surface area contributed by atoms with E-state index >= 15 is 0 Å². The molecule has 0 N–H and O–H groups in total. The van der Waals surface area contributed by atoms with Crippen molar-refractivity contribution in [3.8, 4) is 0 Å². The van der Waals surface area contributed by atoms with Crippen molar-refractivity contribution in [1.29, 1.82) is 0 Å². The van der Waals surface area contributed by atoms with Crippen molar-refractivity contribution in [3.05, 3.63) is 33.7 Å². The molecule has 0 spiro atoms. The van der Waals surface area contributed by atoms with Gasteiger partial charge in [-0.15, -0.1) is 10.2 Å². The number of amides is 1. The zero-order chi connectivity index (χ0) is 18.1. The number of hydrogen-bond donors (Lipinski definition) is 0. The molecule has 5 nitrogen and oxygen atoms in total. The summed E-state index contributed by atoms with van der Waals surface area (Å²) >= 11 is 4.70. The normalized spacial score (nSPS) is 20.7. The Morgan fingerprint density at radius 2 is 2.19 bits per heavy atom. The molecule has 2 aromatic rings. The number of aromatic nitrogens is 2. The number of allylic oxidation sites excluding steroid dienone is 2. The molecule has 0 aromatic carbocycles. The number of rotatable bonds is 5. The minimum atomic E-state index is -0.116. The van der Waals surface area contributed by atoms with E-state index in [1.807, 2.05) is 16.8 Å². The summed E-state index contributed by atoms with van der Waals surface area (Å²) in [5.74, 6) is 1.05. The molecule has 1 aliphatic heterocycles. The fourth-order valence-electron chi connectivity index (χ4n) is 3.51. The van der Waals surface area contributed by atoms with Crippen LogP contribution < -0.4 is 4.90 Å². The molecule has 0 unspecified atom stereocenters. The van der Waals surface area contributed by atoms with Crippen molar-refractivity contribution in [2.45, 2.75) is 49.3 Å². The van der Waals surface area contributed by atoms with Crippen molar-refractivity contribution < 1.29 is 9.59 Å². The summed E-state index contributed by atoms with van der Waals surface area (Å²) in [6.07, 6.45) is 3.47. The van der Waals surface area contributed by atoms with E-state index in [1.165, 1.54) is 11.3 Å². The third-order valence-corrected chi connectivity index (χ3v) is 7.59. The van der Waals surface area contributed by atoms with Crippen LogP contribution in [0.1, 0.15) is 50.5 Å². The highest BCUT2D eigenvalue weighted by Crippen LogP contribution is 2.44. The average molecular weight is 406 g/mol. The third-order valence-electron chi connectivity index (χ3n) is 4.64. The Labute approximate surface area is 164 Å². The summed E-state index contributed by atoms with van der Waals surface area (Å²) in [6.45, 7) is 2.12. The second kappa shape index (κ2) is 7.62. The number of hydrogen-bond acceptors (Lipinski definition) is 7. The molecule has 136 valence electrons. The van der Waals surface area contributed by atoms with Crippen LogP contribution in [0.4, 0.5) is 5.13 Å². The SMILES string of the molecule is CCCSc1nnc(N2C(=O)C[C@@H](c3ccsc3)C3=C2CCCC3=O)s1. The molecule has 0 fully saturated rings. The summed E-state index contributed by atoms with van der Waals surface area (Å²) in [6, 6.07) is 2.02. The molecule has 2 aliphatic rings. The van der Waals surface area contributed by atoms with Crippen LogP contribution in [-0.4, -0.2) is 27.6 Å². The molecule has 8 heteroatoms. The number of carbonyl (C=O) groups is 2. The number of nitrogens with zero attached hydrogens (tertiary/aromatic N) is 3. The molecule has 0 saturated heterocycles. The van der Waals surface area contributed by atoms with Crippen molar-refractivity contribution in [2.24, 2.45) is 0 Å². The van der Waals surface area contributed by atoms with Crippen molar-refractivity contribution in [3.63, 3.8) is 0 Å². The second-order valence-electron chi connectivity index (χ2n) is 6.38. The fourth-order valence-corrected chi connectivity index (χ4v) is 6.04. The Morgan fingerprint density at radius 1 is 1.31 bits per heavy atom. The molecule has 4 rings (SSSR count). The van der Waals surface area contributed by atoms with Gasteiger partial charge in [-0.05, 0) is 41.7 Å². The van der Waals surface area contributed by atoms with Gasteiger partial charge < -0.3 is 0 Å². The highest BCUT2D eigenvalue weighted by Gasteiger charge is 2.40. The summed E-state index contributed by atoms with van der Waals surface area (Å²) in [5, 5.41) is 13.1. The number of Topliss-reactive ketones (excluding diaryl/α,β-unsaturated/α-hetero) is 1. The van der Waals surface area contributed by atoms with Gasteiger partial charge in [0.05, 0.1) is 0 Å². The van der Waals surface area contributed by atoms with Gasteiger partial charge in [0.1, 0.15) is 0 Å². The van der Waals surface area contributed by atoms with Gasteiger partial charge in [-0.1, -0.05) is 30.0 Å². The molecule has 1 amide bonds.